The number of aromatic nitrogens is 8. The van der Waals surface area contributed by atoms with Gasteiger partial charge >= 0.3 is 0 Å². The van der Waals surface area contributed by atoms with Gasteiger partial charge in [-0.25, -0.2) is 29.9 Å². The number of rotatable bonds is 12. The molecule has 10 nitrogen and oxygen atoms in total. The van der Waals surface area contributed by atoms with Crippen LogP contribution in [0.4, 0.5) is 0 Å². The second-order valence-electron chi connectivity index (χ2n) is 26.1. The fourth-order valence-electron chi connectivity index (χ4n) is 14.5. The molecule has 0 saturated carbocycles. The highest BCUT2D eigenvalue weighted by Gasteiger charge is 2.23. The van der Waals surface area contributed by atoms with Crippen molar-refractivity contribution in [2.45, 2.75) is 0 Å². The first-order chi connectivity index (χ1) is 52.5. The zero-order chi connectivity index (χ0) is 70.3. The van der Waals surface area contributed by atoms with Crippen LogP contribution in [0, 0.1) is 0 Å². The summed E-state index contributed by atoms with van der Waals surface area (Å²) in [6, 6.07) is 121. The molecule has 496 valence electrons. The van der Waals surface area contributed by atoms with E-state index < -0.39 is 0 Å². The lowest BCUT2D eigenvalue weighted by molar-refractivity contribution is 0.672. The molecular weight excluding hydrogens is 1300 g/mol. The zero-order valence-electron chi connectivity index (χ0n) is 57.0. The Kier molecular flexibility index (Phi) is 16.0. The molecule has 0 atom stereocenters. The summed E-state index contributed by atoms with van der Waals surface area (Å²) in [5.74, 6) is 3.78. The summed E-state index contributed by atoms with van der Waals surface area (Å²) in [5, 5.41) is 8.66. The number of benzene rings is 14. The number of fused-ring (bicyclic) bond motifs is 10. The third-order valence-corrected chi connectivity index (χ3v) is 19.6. The molecule has 0 N–H and O–H groups in total. The van der Waals surface area contributed by atoms with Crippen molar-refractivity contribution in [1.29, 1.82) is 0 Å². The smallest absolute Gasteiger partial charge is 0.164 e. The Morgan fingerprint density at radius 1 is 0.179 bits per heavy atom. The molecule has 0 amide bonds. The van der Waals surface area contributed by atoms with Gasteiger partial charge in [0.05, 0.1) is 11.4 Å². The van der Waals surface area contributed by atoms with Gasteiger partial charge < -0.3 is 8.83 Å². The number of nitrogens with zero attached hydrogens (tertiary/aromatic N) is 8. The van der Waals surface area contributed by atoms with Crippen LogP contribution < -0.4 is 0 Å². The second-order valence-corrected chi connectivity index (χ2v) is 26.1. The van der Waals surface area contributed by atoms with Crippen LogP contribution in [0.2, 0.25) is 0 Å². The second kappa shape index (κ2) is 27.1. The van der Waals surface area contributed by atoms with Crippen molar-refractivity contribution in [1.82, 2.24) is 39.9 Å². The summed E-state index contributed by atoms with van der Waals surface area (Å²) in [5.41, 5.74) is 21.8. The monoisotopic (exact) mass is 1360 g/mol. The van der Waals surface area contributed by atoms with Gasteiger partial charge in [-0.15, -0.1) is 0 Å². The average Bonchev–Trinajstić information content (AvgIpc) is 1.57. The molecule has 6 aromatic heterocycles. The first-order valence-electron chi connectivity index (χ1n) is 35.3. The van der Waals surface area contributed by atoms with Gasteiger partial charge in [0.25, 0.3) is 0 Å². The summed E-state index contributed by atoms with van der Waals surface area (Å²) in [6.45, 7) is 0. The Hall–Kier alpha value is -14.5. The minimum Gasteiger partial charge on any atom is -0.455 e. The Bertz CT molecular complexity index is 6620. The van der Waals surface area contributed by atoms with Crippen LogP contribution in [0.1, 0.15) is 0 Å². The van der Waals surface area contributed by atoms with Crippen molar-refractivity contribution in [2.24, 2.45) is 0 Å². The van der Waals surface area contributed by atoms with Gasteiger partial charge in [-0.05, 0) is 122 Å². The number of pyridine rings is 2. The van der Waals surface area contributed by atoms with E-state index in [1.807, 2.05) is 140 Å². The zero-order valence-corrected chi connectivity index (χ0v) is 57.0. The summed E-state index contributed by atoms with van der Waals surface area (Å²) in [7, 11) is 0. The first-order valence-corrected chi connectivity index (χ1v) is 35.3. The predicted molar refractivity (Wildman–Crippen MR) is 430 cm³/mol. The molecule has 0 fully saturated rings. The van der Waals surface area contributed by atoms with E-state index in [2.05, 4.69) is 224 Å². The molecule has 10 heteroatoms. The SMILES string of the molecule is c1ccc(-c2cccc(-c3nc(-c4ccccc4)nc(-c4ccc(-c5cccc6oc7c8ccccc8c(-c8ccccn8)cc7c56)cc4)n3)c2)cc1.c1ccc(-c2nc(-c3ccccc3)nc(-c3cccc(-c4cccc(-c5cccc6oc7c8ccccc8c(-c8ccccn8)cc7c56)c4)c3)n2)cc1. The molecular formula is C96H60N8O2. The van der Waals surface area contributed by atoms with Crippen molar-refractivity contribution >= 4 is 65.4 Å². The topological polar surface area (TPSA) is 129 Å². The van der Waals surface area contributed by atoms with E-state index in [1.165, 1.54) is 0 Å². The fraction of sp³-hybridized carbons (Fsp3) is 0. The van der Waals surface area contributed by atoms with Crippen LogP contribution in [0.3, 0.4) is 0 Å². The molecule has 0 radical (unpaired) electrons. The van der Waals surface area contributed by atoms with E-state index in [9.17, 15) is 0 Å². The Balaban J connectivity index is 0.000000145. The molecule has 20 aromatic rings. The third kappa shape index (κ3) is 11.8. The minimum absolute atomic E-state index is 0.615. The van der Waals surface area contributed by atoms with E-state index in [0.29, 0.717) is 34.9 Å². The van der Waals surface area contributed by atoms with Crippen LogP contribution in [0.25, 0.3) is 201 Å². The van der Waals surface area contributed by atoms with Crippen molar-refractivity contribution in [3.63, 3.8) is 0 Å². The van der Waals surface area contributed by atoms with Crippen LogP contribution in [0.5, 0.6) is 0 Å². The van der Waals surface area contributed by atoms with E-state index >= 15 is 0 Å². The Morgan fingerprint density at radius 3 is 0.896 bits per heavy atom. The van der Waals surface area contributed by atoms with Crippen LogP contribution >= 0.6 is 0 Å². The van der Waals surface area contributed by atoms with Gasteiger partial charge in [-0.1, -0.05) is 285 Å². The molecule has 0 spiro atoms. The summed E-state index contributed by atoms with van der Waals surface area (Å²) >= 11 is 0. The van der Waals surface area contributed by atoms with E-state index in [-0.39, 0.29) is 0 Å². The molecule has 0 aliphatic rings. The van der Waals surface area contributed by atoms with Gasteiger partial charge in [0, 0.05) is 89.2 Å². The predicted octanol–water partition coefficient (Wildman–Crippen LogP) is 24.6. The molecule has 0 bridgehead atoms. The van der Waals surface area contributed by atoms with Gasteiger partial charge in [-0.3, -0.25) is 9.97 Å². The summed E-state index contributed by atoms with van der Waals surface area (Å²) in [6.07, 6.45) is 3.69. The summed E-state index contributed by atoms with van der Waals surface area (Å²) < 4.78 is 13.3. The van der Waals surface area contributed by atoms with E-state index in [0.717, 1.165) is 166 Å². The van der Waals surface area contributed by atoms with Crippen molar-refractivity contribution in [2.75, 3.05) is 0 Å². The maximum absolute atomic E-state index is 6.64. The van der Waals surface area contributed by atoms with Crippen molar-refractivity contribution < 1.29 is 8.83 Å². The number of furan rings is 2. The maximum atomic E-state index is 6.64. The highest BCUT2D eigenvalue weighted by Crippen LogP contribution is 2.46. The highest BCUT2D eigenvalue weighted by molar-refractivity contribution is 6.23. The molecule has 0 aliphatic heterocycles. The largest absolute Gasteiger partial charge is 0.455 e. The standard InChI is InChI=1S/2C48H30N4O/c1-3-14-31(15-4-1)46-50-47(32-16-5-2-6-17-32)52-48(51-46)36-21-12-19-34(29-36)33-18-11-20-35(28-33)37-24-13-26-43-44(37)41-30-40(42-25-9-10-27-49-42)38-22-7-8-23-39(38)45(41)53-43;1-3-13-31(14-4-1)35-17-11-18-36(29-35)48-51-46(33-15-5-2-6-16-33)50-47(52-48)34-26-24-32(25-27-34)37-21-12-23-43-44(37)41-30-40(42-22-9-10-28-49-42)38-19-7-8-20-39(38)45(41)53-43/h2*1-30H. The highest BCUT2D eigenvalue weighted by atomic mass is 16.3. The molecule has 20 rings (SSSR count). The third-order valence-electron chi connectivity index (χ3n) is 19.6. The average molecular weight is 1360 g/mol. The first kappa shape index (κ1) is 62.5. The minimum atomic E-state index is 0.615. The van der Waals surface area contributed by atoms with Crippen LogP contribution in [0.15, 0.2) is 373 Å². The van der Waals surface area contributed by atoms with Gasteiger partial charge in [-0.2, -0.15) is 0 Å². The normalized spacial score (nSPS) is 11.4. The van der Waals surface area contributed by atoms with Gasteiger partial charge in [0.15, 0.2) is 34.9 Å². The van der Waals surface area contributed by atoms with Gasteiger partial charge in [0.2, 0.25) is 0 Å². The van der Waals surface area contributed by atoms with Crippen molar-refractivity contribution in [3.8, 4) is 135 Å². The summed E-state index contributed by atoms with van der Waals surface area (Å²) in [4.78, 5) is 39.2. The maximum Gasteiger partial charge on any atom is 0.164 e. The molecule has 0 unspecified atom stereocenters. The quantitative estimate of drug-likeness (QED) is 0.117. The molecule has 106 heavy (non-hydrogen) atoms. The van der Waals surface area contributed by atoms with Gasteiger partial charge in [0.1, 0.15) is 22.3 Å². The fourth-order valence-corrected chi connectivity index (χ4v) is 14.5. The van der Waals surface area contributed by atoms with E-state index in [1.54, 1.807) is 0 Å². The number of hydrogen-bond acceptors (Lipinski definition) is 10. The molecule has 14 aromatic carbocycles. The lowest BCUT2D eigenvalue weighted by atomic mass is 9.93. The Labute approximate surface area is 610 Å². The van der Waals surface area contributed by atoms with E-state index in [4.69, 9.17) is 48.7 Å². The lowest BCUT2D eigenvalue weighted by Crippen LogP contribution is -2.00. The Morgan fingerprint density at radius 2 is 0.481 bits per heavy atom. The lowest BCUT2D eigenvalue weighted by Gasteiger charge is -2.11. The van der Waals surface area contributed by atoms with Crippen LogP contribution in [-0.2, 0) is 0 Å². The molecule has 0 aliphatic carbocycles. The molecule has 0 saturated heterocycles. The number of hydrogen-bond donors (Lipinski definition) is 0. The van der Waals surface area contributed by atoms with Crippen molar-refractivity contribution in [3.05, 3.63) is 364 Å². The molecule has 6 heterocycles. The van der Waals surface area contributed by atoms with Crippen LogP contribution in [-0.4, -0.2) is 39.9 Å².